The molecule has 0 aliphatic rings. The van der Waals surface area contributed by atoms with Gasteiger partial charge in [-0.3, -0.25) is 0 Å². The summed E-state index contributed by atoms with van der Waals surface area (Å²) in [6.07, 6.45) is 4.88. The minimum atomic E-state index is -0.00434. The van der Waals surface area contributed by atoms with E-state index in [1.165, 1.54) is 52.4 Å². The van der Waals surface area contributed by atoms with Crippen LogP contribution < -0.4 is 10.0 Å². The van der Waals surface area contributed by atoms with Gasteiger partial charge in [0.2, 0.25) is 0 Å². The average molecular weight is 518 g/mol. The van der Waals surface area contributed by atoms with E-state index in [-0.39, 0.29) is 10.6 Å². The topological polar surface area (TPSA) is 12.5 Å². The third kappa shape index (κ3) is 8.17. The number of rotatable bonds is 12. The highest BCUT2D eigenvalue weighted by Crippen LogP contribution is 2.51. The van der Waals surface area contributed by atoms with Crippen molar-refractivity contribution in [1.82, 2.24) is 4.90 Å². The third-order valence-electron chi connectivity index (χ3n) is 7.16. The van der Waals surface area contributed by atoms with Crippen molar-refractivity contribution in [3.8, 4) is 5.75 Å². The van der Waals surface area contributed by atoms with Crippen LogP contribution in [0.2, 0.25) is 0 Å². The van der Waals surface area contributed by atoms with Crippen molar-refractivity contribution in [1.29, 1.82) is 0 Å². The van der Waals surface area contributed by atoms with Crippen LogP contribution in [0, 0.1) is 6.92 Å². The highest BCUT2D eigenvalue weighted by atomic mass is 31.1. The quantitative estimate of drug-likeness (QED) is 0.176. The summed E-state index contributed by atoms with van der Waals surface area (Å²) in [5, 5.41) is 1.47. The van der Waals surface area contributed by atoms with Gasteiger partial charge in [-0.05, 0) is 60.4 Å². The zero-order chi connectivity index (χ0) is 27.1. The van der Waals surface area contributed by atoms with Gasteiger partial charge in [0.15, 0.2) is 0 Å². The van der Waals surface area contributed by atoms with Crippen LogP contribution in [0.3, 0.4) is 0 Å². The Bertz CT molecular complexity index is 1130. The molecule has 2 nitrogen and oxygen atoms in total. The van der Waals surface area contributed by atoms with Gasteiger partial charge in [0.05, 0.1) is 0 Å². The van der Waals surface area contributed by atoms with Crippen LogP contribution >= 0.6 is 8.58 Å². The number of benzene rings is 3. The minimum absolute atomic E-state index is 0.00434. The van der Waals surface area contributed by atoms with Crippen molar-refractivity contribution in [3.05, 3.63) is 94.5 Å². The molecule has 0 radical (unpaired) electrons. The molecule has 0 saturated heterocycles. The van der Waals surface area contributed by atoms with E-state index in [0.717, 1.165) is 18.7 Å². The second-order valence-electron chi connectivity index (χ2n) is 12.0. The molecule has 200 valence electrons. The SMILES string of the molecule is CCCCCC(C)(Pc1ccccc1CN(C)C)c1cc(C(C)(C)C)cc(C)c1OCc1ccccc1. The maximum absolute atomic E-state index is 6.70. The van der Waals surface area contributed by atoms with Crippen LogP contribution in [0.4, 0.5) is 0 Å². The summed E-state index contributed by atoms with van der Waals surface area (Å²) in [4.78, 5) is 2.27. The van der Waals surface area contributed by atoms with E-state index in [9.17, 15) is 0 Å². The zero-order valence-corrected chi connectivity index (χ0v) is 25.4. The molecule has 0 heterocycles. The number of nitrogens with zero attached hydrogens (tertiary/aromatic N) is 1. The third-order valence-corrected chi connectivity index (χ3v) is 8.98. The summed E-state index contributed by atoms with van der Waals surface area (Å²) in [6.45, 7) is 15.5. The predicted octanol–water partition coefficient (Wildman–Crippen LogP) is 8.73. The highest BCUT2D eigenvalue weighted by molar-refractivity contribution is 7.48. The molecule has 3 aromatic rings. The summed E-state index contributed by atoms with van der Waals surface area (Å²) in [5.74, 6) is 1.08. The van der Waals surface area contributed by atoms with E-state index in [0.29, 0.717) is 15.2 Å². The molecule has 0 spiro atoms. The Morgan fingerprint density at radius 3 is 2.19 bits per heavy atom. The normalized spacial score (nSPS) is 13.9. The van der Waals surface area contributed by atoms with Crippen LogP contribution in [0.1, 0.15) is 88.1 Å². The standard InChI is InChI=1S/C34H48NOP/c1-9-10-16-21-34(6,37-31-20-15-14-19-28(31)24-35(7)8)30-23-29(33(3,4)5)22-26(2)32(30)36-25-27-17-12-11-13-18-27/h11-15,17-20,22-23,37H,9-10,16,21,24-25H2,1-8H3. The first kappa shape index (κ1) is 29.4. The van der Waals surface area contributed by atoms with Crippen LogP contribution in [0.25, 0.3) is 0 Å². The zero-order valence-electron chi connectivity index (χ0n) is 24.4. The largest absolute Gasteiger partial charge is 0.488 e. The van der Waals surface area contributed by atoms with E-state index in [2.05, 4.69) is 127 Å². The molecule has 0 N–H and O–H groups in total. The highest BCUT2D eigenvalue weighted by Gasteiger charge is 2.33. The number of aryl methyl sites for hydroxylation is 1. The molecule has 0 bridgehead atoms. The number of hydrogen-bond donors (Lipinski definition) is 0. The van der Waals surface area contributed by atoms with Gasteiger partial charge in [-0.1, -0.05) is 129 Å². The van der Waals surface area contributed by atoms with Gasteiger partial charge in [-0.15, -0.1) is 0 Å². The molecule has 0 aliphatic heterocycles. The maximum atomic E-state index is 6.70. The molecule has 0 aromatic heterocycles. The van der Waals surface area contributed by atoms with Gasteiger partial charge < -0.3 is 9.64 Å². The lowest BCUT2D eigenvalue weighted by molar-refractivity contribution is 0.296. The van der Waals surface area contributed by atoms with Crippen molar-refractivity contribution >= 4 is 13.9 Å². The van der Waals surface area contributed by atoms with Crippen LogP contribution in [-0.4, -0.2) is 19.0 Å². The van der Waals surface area contributed by atoms with E-state index < -0.39 is 0 Å². The Kier molecular flexibility index (Phi) is 10.4. The van der Waals surface area contributed by atoms with E-state index in [4.69, 9.17) is 4.74 Å². The molecule has 0 aliphatic carbocycles. The van der Waals surface area contributed by atoms with Gasteiger partial charge in [-0.2, -0.15) is 0 Å². The number of unbranched alkanes of at least 4 members (excludes halogenated alkanes) is 2. The summed E-state index contributed by atoms with van der Waals surface area (Å²) in [5.41, 5.74) is 6.73. The summed E-state index contributed by atoms with van der Waals surface area (Å²) in [7, 11) is 4.99. The predicted molar refractivity (Wildman–Crippen MR) is 164 cm³/mol. The Balaban J connectivity index is 2.13. The molecular weight excluding hydrogens is 469 g/mol. The molecule has 2 unspecified atom stereocenters. The van der Waals surface area contributed by atoms with Crippen molar-refractivity contribution in [2.75, 3.05) is 14.1 Å². The fourth-order valence-electron chi connectivity index (χ4n) is 4.95. The van der Waals surface area contributed by atoms with Crippen molar-refractivity contribution in [3.63, 3.8) is 0 Å². The van der Waals surface area contributed by atoms with Crippen LogP contribution in [-0.2, 0) is 23.7 Å². The van der Waals surface area contributed by atoms with Crippen LogP contribution in [0.5, 0.6) is 5.75 Å². The first-order valence-electron chi connectivity index (χ1n) is 13.9. The fraction of sp³-hybridized carbons (Fsp3) is 0.471. The monoisotopic (exact) mass is 517 g/mol. The molecule has 0 fully saturated rings. The molecule has 0 saturated carbocycles. The number of ether oxygens (including phenoxy) is 1. The van der Waals surface area contributed by atoms with Crippen molar-refractivity contribution in [2.45, 2.75) is 90.9 Å². The van der Waals surface area contributed by atoms with Crippen molar-refractivity contribution < 1.29 is 4.74 Å². The Morgan fingerprint density at radius 2 is 1.54 bits per heavy atom. The fourth-order valence-corrected chi connectivity index (χ4v) is 6.67. The Labute approximate surface area is 228 Å². The van der Waals surface area contributed by atoms with Gasteiger partial charge in [0.25, 0.3) is 0 Å². The number of hydrogen-bond acceptors (Lipinski definition) is 2. The first-order chi connectivity index (χ1) is 17.5. The maximum Gasteiger partial charge on any atom is 0.126 e. The van der Waals surface area contributed by atoms with E-state index in [1.807, 2.05) is 0 Å². The average Bonchev–Trinajstić information content (AvgIpc) is 2.84. The lowest BCUT2D eigenvalue weighted by atomic mass is 9.82. The molecule has 37 heavy (non-hydrogen) atoms. The van der Waals surface area contributed by atoms with Crippen LogP contribution in [0.15, 0.2) is 66.7 Å². The van der Waals surface area contributed by atoms with Gasteiger partial charge in [-0.25, -0.2) is 0 Å². The van der Waals surface area contributed by atoms with E-state index in [1.54, 1.807) is 0 Å². The molecule has 3 rings (SSSR count). The molecular formula is C34H48NOP. The Morgan fingerprint density at radius 1 is 0.865 bits per heavy atom. The van der Waals surface area contributed by atoms with Crippen molar-refractivity contribution in [2.24, 2.45) is 0 Å². The Hall–Kier alpha value is -2.15. The second-order valence-corrected chi connectivity index (χ2v) is 13.9. The minimum Gasteiger partial charge on any atom is -0.488 e. The summed E-state index contributed by atoms with van der Waals surface area (Å²) in [6, 6.07) is 24.4. The van der Waals surface area contributed by atoms with Gasteiger partial charge in [0.1, 0.15) is 12.4 Å². The van der Waals surface area contributed by atoms with Gasteiger partial charge >= 0.3 is 0 Å². The molecule has 3 aromatic carbocycles. The molecule has 3 heteroatoms. The summed E-state index contributed by atoms with van der Waals surface area (Å²) < 4.78 is 6.70. The smallest absolute Gasteiger partial charge is 0.126 e. The molecule has 2 atom stereocenters. The van der Waals surface area contributed by atoms with Gasteiger partial charge in [0, 0.05) is 17.3 Å². The lowest BCUT2D eigenvalue weighted by Crippen LogP contribution is -2.25. The lowest BCUT2D eigenvalue weighted by Gasteiger charge is -2.35. The molecule has 0 amide bonds. The summed E-state index contributed by atoms with van der Waals surface area (Å²) >= 11 is 0. The second kappa shape index (κ2) is 13.1. The first-order valence-corrected chi connectivity index (χ1v) is 14.9. The van der Waals surface area contributed by atoms with E-state index >= 15 is 0 Å².